The molecule has 7 heteroatoms. The van der Waals surface area contributed by atoms with Gasteiger partial charge in [-0.25, -0.2) is 14.4 Å². The van der Waals surface area contributed by atoms with Gasteiger partial charge in [-0.2, -0.15) is 0 Å². The van der Waals surface area contributed by atoms with E-state index < -0.39 is 11.6 Å². The Bertz CT molecular complexity index is 1480. The van der Waals surface area contributed by atoms with Crippen LogP contribution in [0.1, 0.15) is 74.7 Å². The van der Waals surface area contributed by atoms with Crippen LogP contribution < -0.4 is 4.74 Å². The van der Waals surface area contributed by atoms with E-state index in [2.05, 4.69) is 4.90 Å². The predicted octanol–water partition coefficient (Wildman–Crippen LogP) is 7.50. The van der Waals surface area contributed by atoms with Gasteiger partial charge in [-0.3, -0.25) is 0 Å². The molecule has 0 aromatic heterocycles. The van der Waals surface area contributed by atoms with Crippen molar-refractivity contribution in [3.05, 3.63) is 138 Å². The lowest BCUT2D eigenvalue weighted by atomic mass is 9.72. The van der Waals surface area contributed by atoms with Crippen LogP contribution in [0.3, 0.4) is 0 Å². The lowest BCUT2D eigenvalue weighted by Crippen LogP contribution is -2.46. The van der Waals surface area contributed by atoms with Gasteiger partial charge in [0, 0.05) is 12.5 Å². The number of likely N-dealkylation sites (N-methyl/N-ethyl adjacent to an activating group) is 1. The Hall–Kier alpha value is -4.75. The van der Waals surface area contributed by atoms with Gasteiger partial charge in [-0.05, 0) is 93.9 Å². The first-order valence-corrected chi connectivity index (χ1v) is 14.9. The maximum atomic E-state index is 13.2. The zero-order chi connectivity index (χ0) is 31.4. The van der Waals surface area contributed by atoms with Crippen molar-refractivity contribution in [2.24, 2.45) is 0 Å². The molecule has 4 aromatic rings. The smallest absolute Gasteiger partial charge is 0.343 e. The van der Waals surface area contributed by atoms with Crippen LogP contribution >= 0.6 is 0 Å². The Morgan fingerprint density at radius 2 is 1.16 bits per heavy atom. The van der Waals surface area contributed by atoms with Crippen molar-refractivity contribution >= 4 is 17.9 Å². The largest absolute Gasteiger partial charge is 0.478 e. The van der Waals surface area contributed by atoms with E-state index in [1.165, 1.54) is 0 Å². The van der Waals surface area contributed by atoms with Crippen LogP contribution in [0.4, 0.5) is 0 Å². The fraction of sp³-hybridized carbons (Fsp3) is 0.270. The van der Waals surface area contributed by atoms with Gasteiger partial charge in [0.05, 0.1) is 16.7 Å². The fourth-order valence-electron chi connectivity index (χ4n) is 5.52. The monoisotopic (exact) mass is 593 g/mol. The zero-order valence-corrected chi connectivity index (χ0v) is 25.2. The van der Waals surface area contributed by atoms with Crippen LogP contribution in [0.25, 0.3) is 0 Å². The first-order chi connectivity index (χ1) is 21.3. The fourth-order valence-corrected chi connectivity index (χ4v) is 5.52. The number of benzene rings is 4. The number of rotatable bonds is 9. The highest BCUT2D eigenvalue weighted by molar-refractivity contribution is 5.91. The van der Waals surface area contributed by atoms with Gasteiger partial charge < -0.3 is 19.5 Å². The average molecular weight is 594 g/mol. The van der Waals surface area contributed by atoms with Crippen LogP contribution in [0, 0.1) is 0 Å². The van der Waals surface area contributed by atoms with Gasteiger partial charge in [0.15, 0.2) is 0 Å². The summed E-state index contributed by atoms with van der Waals surface area (Å²) in [4.78, 5) is 37.9. The Kier molecular flexibility index (Phi) is 11.4. The summed E-state index contributed by atoms with van der Waals surface area (Å²) in [6.45, 7) is 0.741. The number of esters is 2. The normalized spacial score (nSPS) is 14.4. The maximum absolute atomic E-state index is 13.2. The van der Waals surface area contributed by atoms with Crippen molar-refractivity contribution in [1.82, 2.24) is 4.90 Å². The molecule has 0 amide bonds. The lowest BCUT2D eigenvalue weighted by molar-refractivity contribution is -0.0575. The van der Waals surface area contributed by atoms with E-state index in [-0.39, 0.29) is 17.9 Å². The molecule has 0 aliphatic heterocycles. The third kappa shape index (κ3) is 8.88. The van der Waals surface area contributed by atoms with E-state index in [0.29, 0.717) is 22.4 Å². The van der Waals surface area contributed by atoms with Crippen molar-refractivity contribution in [3.8, 4) is 5.75 Å². The van der Waals surface area contributed by atoms with E-state index >= 15 is 0 Å². The van der Waals surface area contributed by atoms with E-state index in [1.54, 1.807) is 54.6 Å². The predicted molar refractivity (Wildman–Crippen MR) is 170 cm³/mol. The van der Waals surface area contributed by atoms with Crippen LogP contribution in [-0.4, -0.2) is 54.2 Å². The summed E-state index contributed by atoms with van der Waals surface area (Å²) in [7, 11) is 4.08. The van der Waals surface area contributed by atoms with Crippen LogP contribution in [0.5, 0.6) is 5.75 Å². The second kappa shape index (κ2) is 15.6. The summed E-state index contributed by atoms with van der Waals surface area (Å²) in [5.41, 5.74) is 1.90. The van der Waals surface area contributed by atoms with Crippen LogP contribution in [0.15, 0.2) is 115 Å². The number of aromatic carboxylic acids is 1. The standard InChI is InChI=1S/C30H33NO4.C7H6O2/c1-31(2)22-27(23-16-18-26(19-17-23)34-28(32)24-12-6-3-7-13-24)30(20-10-5-11-21-30)35-29(33)25-14-8-4-9-15-25;8-7(9)6-4-2-1-3-5-6/h3-4,6-9,12-19,27H,5,10-11,20-22H2,1-2H3;1-5H,(H,8,9). The number of carbonyl (C=O) groups is 3. The zero-order valence-electron chi connectivity index (χ0n) is 25.2. The third-order valence-corrected chi connectivity index (χ3v) is 7.71. The van der Waals surface area contributed by atoms with E-state index in [4.69, 9.17) is 14.6 Å². The van der Waals surface area contributed by atoms with E-state index in [9.17, 15) is 14.4 Å². The third-order valence-electron chi connectivity index (χ3n) is 7.71. The molecule has 1 aliphatic rings. The number of hydrogen-bond donors (Lipinski definition) is 1. The number of carbonyl (C=O) groups excluding carboxylic acids is 2. The molecule has 1 saturated carbocycles. The Labute approximate surface area is 259 Å². The number of carboxylic acids is 1. The molecule has 0 heterocycles. The summed E-state index contributed by atoms with van der Waals surface area (Å²) >= 11 is 0. The molecule has 1 aliphatic carbocycles. The van der Waals surface area contributed by atoms with Crippen molar-refractivity contribution in [3.63, 3.8) is 0 Å². The molecule has 5 rings (SSSR count). The topological polar surface area (TPSA) is 93.1 Å². The molecular weight excluding hydrogens is 554 g/mol. The van der Waals surface area contributed by atoms with Crippen LogP contribution in [0.2, 0.25) is 0 Å². The molecule has 1 unspecified atom stereocenters. The summed E-state index contributed by atoms with van der Waals surface area (Å²) in [5, 5.41) is 8.38. The quantitative estimate of drug-likeness (QED) is 0.159. The Morgan fingerprint density at radius 1 is 0.682 bits per heavy atom. The first-order valence-electron chi connectivity index (χ1n) is 14.9. The minimum atomic E-state index is -0.879. The average Bonchev–Trinajstić information content (AvgIpc) is 3.06. The lowest BCUT2D eigenvalue weighted by Gasteiger charge is -2.44. The maximum Gasteiger partial charge on any atom is 0.343 e. The number of ether oxygens (including phenoxy) is 2. The molecule has 4 aromatic carbocycles. The minimum absolute atomic E-state index is 0.00987. The molecule has 1 atom stereocenters. The molecule has 0 bridgehead atoms. The number of hydrogen-bond acceptors (Lipinski definition) is 6. The second-order valence-electron chi connectivity index (χ2n) is 11.2. The minimum Gasteiger partial charge on any atom is -0.478 e. The first kappa shape index (κ1) is 32.2. The molecule has 0 saturated heterocycles. The molecule has 0 radical (unpaired) electrons. The molecular formula is C37H39NO6. The molecule has 0 spiro atoms. The molecule has 228 valence electrons. The van der Waals surface area contributed by atoms with Crippen LogP contribution in [-0.2, 0) is 4.74 Å². The summed E-state index contributed by atoms with van der Waals surface area (Å²) < 4.78 is 12.0. The van der Waals surface area contributed by atoms with Crippen molar-refractivity contribution in [2.75, 3.05) is 20.6 Å². The molecule has 44 heavy (non-hydrogen) atoms. The van der Waals surface area contributed by atoms with Gasteiger partial charge in [0.2, 0.25) is 0 Å². The highest BCUT2D eigenvalue weighted by Crippen LogP contribution is 2.44. The summed E-state index contributed by atoms with van der Waals surface area (Å²) in [5.74, 6) is -1.06. The molecule has 7 nitrogen and oxygen atoms in total. The van der Waals surface area contributed by atoms with Gasteiger partial charge in [-0.15, -0.1) is 0 Å². The van der Waals surface area contributed by atoms with Crippen molar-refractivity contribution in [1.29, 1.82) is 0 Å². The highest BCUT2D eigenvalue weighted by Gasteiger charge is 2.44. The Morgan fingerprint density at radius 3 is 1.61 bits per heavy atom. The van der Waals surface area contributed by atoms with Gasteiger partial charge >= 0.3 is 17.9 Å². The van der Waals surface area contributed by atoms with Gasteiger partial charge in [-0.1, -0.05) is 73.2 Å². The van der Waals surface area contributed by atoms with Crippen molar-refractivity contribution < 1.29 is 29.0 Å². The molecule has 1 fully saturated rings. The number of carboxylic acid groups (broad SMARTS) is 1. The summed E-state index contributed by atoms with van der Waals surface area (Å²) in [6.07, 6.45) is 4.86. The van der Waals surface area contributed by atoms with Crippen molar-refractivity contribution in [2.45, 2.75) is 43.6 Å². The van der Waals surface area contributed by atoms with E-state index in [0.717, 1.165) is 44.2 Å². The van der Waals surface area contributed by atoms with Gasteiger partial charge in [0.1, 0.15) is 11.4 Å². The summed E-state index contributed by atoms with van der Waals surface area (Å²) in [6, 6.07) is 34.1. The van der Waals surface area contributed by atoms with E-state index in [1.807, 2.05) is 74.8 Å². The second-order valence-corrected chi connectivity index (χ2v) is 11.2. The Balaban J connectivity index is 0.000000421. The van der Waals surface area contributed by atoms with Gasteiger partial charge in [0.25, 0.3) is 0 Å². The highest BCUT2D eigenvalue weighted by atomic mass is 16.6. The number of nitrogens with zero attached hydrogens (tertiary/aromatic N) is 1. The molecule has 1 N–H and O–H groups in total. The SMILES string of the molecule is CN(C)CC(c1ccc(OC(=O)c2ccccc2)cc1)C1(OC(=O)c2ccccc2)CCCCC1.O=C(O)c1ccccc1.